The first kappa shape index (κ1) is 14.4. The van der Waals surface area contributed by atoms with Crippen LogP contribution in [-0.4, -0.2) is 37.2 Å². The van der Waals surface area contributed by atoms with Gasteiger partial charge in [0.15, 0.2) is 0 Å². The van der Waals surface area contributed by atoms with Crippen molar-refractivity contribution < 1.29 is 4.74 Å². The van der Waals surface area contributed by atoms with Gasteiger partial charge in [0.2, 0.25) is 0 Å². The number of rotatable bonds is 6. The second-order valence-corrected chi connectivity index (χ2v) is 6.10. The van der Waals surface area contributed by atoms with Crippen molar-refractivity contribution >= 4 is 0 Å². The van der Waals surface area contributed by atoms with Gasteiger partial charge in [0.25, 0.3) is 0 Å². The summed E-state index contributed by atoms with van der Waals surface area (Å²) in [6.07, 6.45) is 5.21. The molecule has 0 spiro atoms. The van der Waals surface area contributed by atoms with Gasteiger partial charge in [0.1, 0.15) is 11.8 Å². The average Bonchev–Trinajstić information content (AvgIpc) is 3.24. The maximum Gasteiger partial charge on any atom is 0.136 e. The van der Waals surface area contributed by atoms with E-state index in [1.807, 2.05) is 12.1 Å². The van der Waals surface area contributed by atoms with Gasteiger partial charge < -0.3 is 10.1 Å². The first-order chi connectivity index (χ1) is 10.3. The van der Waals surface area contributed by atoms with Crippen LogP contribution in [0.1, 0.15) is 36.8 Å². The minimum atomic E-state index is 0.629. The van der Waals surface area contributed by atoms with Crippen LogP contribution in [0, 0.1) is 11.3 Å². The second-order valence-electron chi connectivity index (χ2n) is 6.10. The van der Waals surface area contributed by atoms with Crippen LogP contribution in [-0.2, 0) is 6.54 Å². The average molecular weight is 285 g/mol. The number of benzene rings is 1. The normalized spacial score (nSPS) is 21.5. The first-order valence-corrected chi connectivity index (χ1v) is 7.84. The van der Waals surface area contributed by atoms with Crippen LogP contribution in [0.25, 0.3) is 0 Å². The van der Waals surface area contributed by atoms with Crippen LogP contribution in [0.4, 0.5) is 0 Å². The maximum atomic E-state index is 9.21. The Hall–Kier alpha value is -1.57. The molecule has 2 aliphatic rings. The van der Waals surface area contributed by atoms with Gasteiger partial charge in [-0.2, -0.15) is 5.26 Å². The molecule has 0 radical (unpaired) electrons. The van der Waals surface area contributed by atoms with Crippen molar-refractivity contribution in [2.24, 2.45) is 0 Å². The highest BCUT2D eigenvalue weighted by molar-refractivity contribution is 5.45. The number of nitriles is 1. The van der Waals surface area contributed by atoms with Crippen molar-refractivity contribution in [1.29, 1.82) is 5.26 Å². The lowest BCUT2D eigenvalue weighted by molar-refractivity contribution is 0.231. The monoisotopic (exact) mass is 285 g/mol. The summed E-state index contributed by atoms with van der Waals surface area (Å²) in [5.74, 6) is 0.664. The van der Waals surface area contributed by atoms with Crippen LogP contribution in [0.2, 0.25) is 0 Å². The van der Waals surface area contributed by atoms with Crippen molar-refractivity contribution in [2.45, 2.75) is 44.3 Å². The van der Waals surface area contributed by atoms with Crippen LogP contribution in [0.3, 0.4) is 0 Å². The molecule has 1 heterocycles. The highest BCUT2D eigenvalue weighted by atomic mass is 16.5. The zero-order valence-corrected chi connectivity index (χ0v) is 12.6. The van der Waals surface area contributed by atoms with Crippen molar-refractivity contribution in [1.82, 2.24) is 10.2 Å². The molecule has 2 fully saturated rings. The van der Waals surface area contributed by atoms with Crippen LogP contribution < -0.4 is 10.1 Å². The molecule has 1 N–H and O–H groups in total. The Balaban J connectivity index is 1.69. The van der Waals surface area contributed by atoms with Crippen molar-refractivity contribution in [3.05, 3.63) is 29.3 Å². The molecule has 112 valence electrons. The summed E-state index contributed by atoms with van der Waals surface area (Å²) in [4.78, 5) is 2.58. The van der Waals surface area contributed by atoms with Gasteiger partial charge in [-0.25, -0.2) is 0 Å². The zero-order valence-electron chi connectivity index (χ0n) is 12.6. The highest BCUT2D eigenvalue weighted by Gasteiger charge is 2.31. The third-order valence-electron chi connectivity index (χ3n) is 4.45. The summed E-state index contributed by atoms with van der Waals surface area (Å²) in [6.45, 7) is 3.21. The summed E-state index contributed by atoms with van der Waals surface area (Å²) in [7, 11) is 1.61. The number of nitrogens with one attached hydrogen (secondary N) is 1. The molecule has 0 bridgehead atoms. The summed E-state index contributed by atoms with van der Waals surface area (Å²) < 4.78 is 5.22. The summed E-state index contributed by atoms with van der Waals surface area (Å²) in [5, 5.41) is 12.8. The van der Waals surface area contributed by atoms with E-state index < -0.39 is 0 Å². The zero-order chi connectivity index (χ0) is 14.7. The molecule has 1 saturated carbocycles. The molecule has 3 rings (SSSR count). The molecule has 0 amide bonds. The predicted octanol–water partition coefficient (Wildman–Crippen LogP) is 2.28. The van der Waals surface area contributed by atoms with E-state index in [0.29, 0.717) is 17.4 Å². The van der Waals surface area contributed by atoms with E-state index in [-0.39, 0.29) is 0 Å². The standard InChI is InChI=1S/C17H23N3O/c1-21-17-7-4-13(9-14(17)10-18)11-20(16-5-6-16)12-15-3-2-8-19-15/h4,7,9,15-16,19H,2-3,5-6,8,11-12H2,1H3. The van der Waals surface area contributed by atoms with E-state index in [1.54, 1.807) is 7.11 Å². The molecule has 1 aromatic rings. The molecule has 0 aromatic heterocycles. The van der Waals surface area contributed by atoms with E-state index in [0.717, 1.165) is 25.7 Å². The number of methoxy groups -OCH3 is 1. The highest BCUT2D eigenvalue weighted by Crippen LogP contribution is 2.30. The van der Waals surface area contributed by atoms with Gasteiger partial charge in [0, 0.05) is 25.2 Å². The molecule has 1 saturated heterocycles. The number of hydrogen-bond acceptors (Lipinski definition) is 4. The SMILES string of the molecule is COc1ccc(CN(CC2CCCN2)C2CC2)cc1C#N. The topological polar surface area (TPSA) is 48.3 Å². The van der Waals surface area contributed by atoms with Gasteiger partial charge in [-0.05, 0) is 49.9 Å². The van der Waals surface area contributed by atoms with Gasteiger partial charge >= 0.3 is 0 Å². The summed E-state index contributed by atoms with van der Waals surface area (Å²) >= 11 is 0. The minimum absolute atomic E-state index is 0.629. The second kappa shape index (κ2) is 6.46. The molecule has 1 aromatic carbocycles. The lowest BCUT2D eigenvalue weighted by Crippen LogP contribution is -2.38. The Morgan fingerprint density at radius 1 is 1.38 bits per heavy atom. The third kappa shape index (κ3) is 3.55. The Kier molecular flexibility index (Phi) is 4.42. The Morgan fingerprint density at radius 2 is 2.24 bits per heavy atom. The number of hydrogen-bond donors (Lipinski definition) is 1. The molecule has 1 aliphatic carbocycles. The number of ether oxygens (including phenoxy) is 1. The molecule has 21 heavy (non-hydrogen) atoms. The van der Waals surface area contributed by atoms with Gasteiger partial charge in [-0.3, -0.25) is 4.90 Å². The van der Waals surface area contributed by atoms with Gasteiger partial charge in [0.05, 0.1) is 12.7 Å². The van der Waals surface area contributed by atoms with Gasteiger partial charge in [-0.15, -0.1) is 0 Å². The third-order valence-corrected chi connectivity index (χ3v) is 4.45. The van der Waals surface area contributed by atoms with Crippen molar-refractivity contribution in [3.8, 4) is 11.8 Å². The Bertz CT molecular complexity index is 527. The molecule has 4 nitrogen and oxygen atoms in total. The largest absolute Gasteiger partial charge is 0.495 e. The summed E-state index contributed by atoms with van der Waals surface area (Å²) in [6, 6.07) is 9.56. The fourth-order valence-electron chi connectivity index (χ4n) is 3.15. The predicted molar refractivity (Wildman–Crippen MR) is 82.2 cm³/mol. The van der Waals surface area contributed by atoms with Crippen LogP contribution in [0.15, 0.2) is 18.2 Å². The van der Waals surface area contributed by atoms with E-state index in [2.05, 4.69) is 22.4 Å². The fraction of sp³-hybridized carbons (Fsp3) is 0.588. The van der Waals surface area contributed by atoms with Gasteiger partial charge in [-0.1, -0.05) is 6.07 Å². The maximum absolute atomic E-state index is 9.21. The lowest BCUT2D eigenvalue weighted by atomic mass is 10.1. The van der Waals surface area contributed by atoms with E-state index in [4.69, 9.17) is 4.74 Å². The van der Waals surface area contributed by atoms with Crippen LogP contribution >= 0.6 is 0 Å². The van der Waals surface area contributed by atoms with Crippen molar-refractivity contribution in [3.63, 3.8) is 0 Å². The molecule has 1 atom stereocenters. The molecular formula is C17H23N3O. The molecule has 4 heteroatoms. The smallest absolute Gasteiger partial charge is 0.136 e. The number of nitrogens with zero attached hydrogens (tertiary/aromatic N) is 2. The molecule has 1 aliphatic heterocycles. The van der Waals surface area contributed by atoms with E-state index in [9.17, 15) is 5.26 Å². The summed E-state index contributed by atoms with van der Waals surface area (Å²) in [5.41, 5.74) is 1.84. The lowest BCUT2D eigenvalue weighted by Gasteiger charge is -2.25. The van der Waals surface area contributed by atoms with Crippen molar-refractivity contribution in [2.75, 3.05) is 20.2 Å². The van der Waals surface area contributed by atoms with E-state index >= 15 is 0 Å². The fourth-order valence-corrected chi connectivity index (χ4v) is 3.15. The Morgan fingerprint density at radius 3 is 2.86 bits per heavy atom. The molecule has 1 unspecified atom stereocenters. The first-order valence-electron chi connectivity index (χ1n) is 7.84. The quantitative estimate of drug-likeness (QED) is 0.871. The minimum Gasteiger partial charge on any atom is -0.495 e. The van der Waals surface area contributed by atoms with Crippen LogP contribution in [0.5, 0.6) is 5.75 Å². The van der Waals surface area contributed by atoms with E-state index in [1.165, 1.54) is 31.2 Å². The molecular weight excluding hydrogens is 262 g/mol. The Labute approximate surface area is 126 Å².